The molecule has 0 saturated carbocycles. The first-order valence-corrected chi connectivity index (χ1v) is 5.02. The fourth-order valence-electron chi connectivity index (χ4n) is 1.52. The summed E-state index contributed by atoms with van der Waals surface area (Å²) in [5.41, 5.74) is 6.41. The third-order valence-electron chi connectivity index (χ3n) is 2.26. The number of H-pyrrole nitrogens is 1. The Kier molecular flexibility index (Phi) is 3.65. The Morgan fingerprint density at radius 3 is 2.69 bits per heavy atom. The largest absolute Gasteiger partial charge is 0.481 e. The molecule has 1 aromatic heterocycles. The van der Waals surface area contributed by atoms with Crippen LogP contribution in [0.25, 0.3) is 0 Å². The van der Waals surface area contributed by atoms with Crippen LogP contribution in [0.1, 0.15) is 37.4 Å². The van der Waals surface area contributed by atoms with Gasteiger partial charge in [0.05, 0.1) is 0 Å². The molecular weight excluding hydrogens is 210 g/mol. The SMILES string of the molecule is CC(C)c1[nH]c(=O)nc(N)c1CCC(=O)O. The van der Waals surface area contributed by atoms with Crippen molar-refractivity contribution in [2.24, 2.45) is 0 Å². The zero-order chi connectivity index (χ0) is 12.3. The van der Waals surface area contributed by atoms with Gasteiger partial charge < -0.3 is 15.8 Å². The normalized spacial score (nSPS) is 10.7. The van der Waals surface area contributed by atoms with E-state index >= 15 is 0 Å². The summed E-state index contributed by atoms with van der Waals surface area (Å²) in [5.74, 6) is -0.712. The summed E-state index contributed by atoms with van der Waals surface area (Å²) in [7, 11) is 0. The Balaban J connectivity index is 3.14. The van der Waals surface area contributed by atoms with Gasteiger partial charge in [0.15, 0.2) is 0 Å². The first-order valence-electron chi connectivity index (χ1n) is 5.02. The molecular formula is C10H15N3O3. The number of hydrogen-bond acceptors (Lipinski definition) is 4. The van der Waals surface area contributed by atoms with E-state index in [9.17, 15) is 9.59 Å². The van der Waals surface area contributed by atoms with E-state index in [4.69, 9.17) is 10.8 Å². The Labute approximate surface area is 92.5 Å². The van der Waals surface area contributed by atoms with Gasteiger partial charge in [0.25, 0.3) is 0 Å². The molecule has 0 aliphatic carbocycles. The van der Waals surface area contributed by atoms with Crippen molar-refractivity contribution in [1.82, 2.24) is 9.97 Å². The van der Waals surface area contributed by atoms with Gasteiger partial charge >= 0.3 is 11.7 Å². The molecule has 6 heteroatoms. The van der Waals surface area contributed by atoms with Crippen molar-refractivity contribution in [3.8, 4) is 0 Å². The second-order valence-electron chi connectivity index (χ2n) is 3.87. The molecule has 0 unspecified atom stereocenters. The highest BCUT2D eigenvalue weighted by atomic mass is 16.4. The van der Waals surface area contributed by atoms with Crippen molar-refractivity contribution in [1.29, 1.82) is 0 Å². The Hall–Kier alpha value is -1.85. The molecule has 1 heterocycles. The second kappa shape index (κ2) is 4.78. The average Bonchev–Trinajstić information content (AvgIpc) is 2.14. The van der Waals surface area contributed by atoms with Gasteiger partial charge in [0, 0.05) is 17.7 Å². The van der Waals surface area contributed by atoms with Crippen molar-refractivity contribution >= 4 is 11.8 Å². The summed E-state index contributed by atoms with van der Waals surface area (Å²) in [6, 6.07) is 0. The van der Waals surface area contributed by atoms with Crippen LogP contribution in [0.3, 0.4) is 0 Å². The third kappa shape index (κ3) is 2.82. The number of carboxylic acid groups (broad SMARTS) is 1. The van der Waals surface area contributed by atoms with Crippen LogP contribution < -0.4 is 11.4 Å². The minimum atomic E-state index is -0.902. The molecule has 4 N–H and O–H groups in total. The summed E-state index contributed by atoms with van der Waals surface area (Å²) in [6.45, 7) is 3.80. The summed E-state index contributed by atoms with van der Waals surface area (Å²) in [5, 5.41) is 8.62. The first kappa shape index (κ1) is 12.2. The lowest BCUT2D eigenvalue weighted by Crippen LogP contribution is -2.20. The van der Waals surface area contributed by atoms with Gasteiger partial charge in [-0.15, -0.1) is 0 Å². The summed E-state index contributed by atoms with van der Waals surface area (Å²) in [6.07, 6.45) is 0.246. The van der Waals surface area contributed by atoms with Crippen molar-refractivity contribution in [3.05, 3.63) is 21.7 Å². The summed E-state index contributed by atoms with van der Waals surface area (Å²) < 4.78 is 0. The molecule has 0 spiro atoms. The molecule has 0 aliphatic heterocycles. The van der Waals surface area contributed by atoms with E-state index in [1.54, 1.807) is 0 Å². The highest BCUT2D eigenvalue weighted by Gasteiger charge is 2.13. The van der Waals surface area contributed by atoms with Crippen molar-refractivity contribution in [3.63, 3.8) is 0 Å². The van der Waals surface area contributed by atoms with Crippen LogP contribution in [0.4, 0.5) is 5.82 Å². The van der Waals surface area contributed by atoms with Crippen LogP contribution in [-0.2, 0) is 11.2 Å². The van der Waals surface area contributed by atoms with Gasteiger partial charge in [-0.1, -0.05) is 13.8 Å². The molecule has 6 nitrogen and oxygen atoms in total. The smallest absolute Gasteiger partial charge is 0.347 e. The van der Waals surface area contributed by atoms with E-state index in [2.05, 4.69) is 9.97 Å². The number of rotatable bonds is 4. The maximum absolute atomic E-state index is 11.1. The molecule has 0 bridgehead atoms. The average molecular weight is 225 g/mol. The molecule has 88 valence electrons. The first-order chi connectivity index (χ1) is 7.41. The Morgan fingerprint density at radius 1 is 1.56 bits per heavy atom. The minimum absolute atomic E-state index is 0.0301. The third-order valence-corrected chi connectivity index (χ3v) is 2.26. The van der Waals surface area contributed by atoms with Crippen LogP contribution in [0.5, 0.6) is 0 Å². The molecule has 0 radical (unpaired) electrons. The van der Waals surface area contributed by atoms with Crippen LogP contribution in [0.2, 0.25) is 0 Å². The number of nitrogens with one attached hydrogen (secondary N) is 1. The maximum Gasteiger partial charge on any atom is 0.347 e. The van der Waals surface area contributed by atoms with Gasteiger partial charge in [0.2, 0.25) is 0 Å². The number of aromatic amines is 1. The maximum atomic E-state index is 11.1. The summed E-state index contributed by atoms with van der Waals surface area (Å²) >= 11 is 0. The van der Waals surface area contributed by atoms with Crippen molar-refractivity contribution < 1.29 is 9.90 Å². The number of nitrogens with zero attached hydrogens (tertiary/aromatic N) is 1. The molecule has 0 aromatic carbocycles. The van der Waals surface area contributed by atoms with Gasteiger partial charge in [0.1, 0.15) is 5.82 Å². The molecule has 1 aromatic rings. The Bertz CT molecular complexity index is 451. The predicted octanol–water partition coefficient (Wildman–Crippen LogP) is 0.493. The molecule has 0 saturated heterocycles. The van der Waals surface area contributed by atoms with Crippen molar-refractivity contribution in [2.75, 3.05) is 5.73 Å². The summed E-state index contributed by atoms with van der Waals surface area (Å²) in [4.78, 5) is 27.8. The number of carboxylic acids is 1. The number of nitrogens with two attached hydrogens (primary N) is 1. The Morgan fingerprint density at radius 2 is 2.19 bits per heavy atom. The zero-order valence-corrected chi connectivity index (χ0v) is 9.28. The molecule has 0 aliphatic rings. The van der Waals surface area contributed by atoms with Crippen molar-refractivity contribution in [2.45, 2.75) is 32.6 Å². The molecule has 1 rings (SSSR count). The fraction of sp³-hybridized carbons (Fsp3) is 0.500. The molecule has 0 amide bonds. The van der Waals surface area contributed by atoms with E-state index in [1.807, 2.05) is 13.8 Å². The number of nitrogen functional groups attached to an aromatic ring is 1. The van der Waals surface area contributed by atoms with Crippen LogP contribution in [0, 0.1) is 0 Å². The van der Waals surface area contributed by atoms with Gasteiger partial charge in [-0.2, -0.15) is 4.98 Å². The number of aliphatic carboxylic acids is 1. The van der Waals surface area contributed by atoms with Gasteiger partial charge in [-0.3, -0.25) is 4.79 Å². The zero-order valence-electron chi connectivity index (χ0n) is 9.28. The number of aromatic nitrogens is 2. The number of anilines is 1. The van der Waals surface area contributed by atoms with E-state index in [0.29, 0.717) is 11.3 Å². The second-order valence-corrected chi connectivity index (χ2v) is 3.87. The molecule has 0 atom stereocenters. The number of carbonyl (C=O) groups is 1. The fourth-order valence-corrected chi connectivity index (χ4v) is 1.52. The topological polar surface area (TPSA) is 109 Å². The standard InChI is InChI=1S/C10H15N3O3/c1-5(2)8-6(3-4-7(14)15)9(11)13-10(16)12-8/h5H,3-4H2,1-2H3,(H,14,15)(H3,11,12,13,16). The van der Waals surface area contributed by atoms with Crippen LogP contribution in [-0.4, -0.2) is 21.0 Å². The van der Waals surface area contributed by atoms with E-state index in [0.717, 1.165) is 0 Å². The lowest BCUT2D eigenvalue weighted by Gasteiger charge is -2.12. The highest BCUT2D eigenvalue weighted by molar-refractivity contribution is 5.67. The van der Waals surface area contributed by atoms with E-state index in [-0.39, 0.29) is 24.6 Å². The predicted molar refractivity (Wildman–Crippen MR) is 59.3 cm³/mol. The van der Waals surface area contributed by atoms with Crippen LogP contribution >= 0.6 is 0 Å². The van der Waals surface area contributed by atoms with Gasteiger partial charge in [-0.05, 0) is 12.3 Å². The van der Waals surface area contributed by atoms with E-state index in [1.165, 1.54) is 0 Å². The lowest BCUT2D eigenvalue weighted by atomic mass is 10.0. The molecule has 16 heavy (non-hydrogen) atoms. The van der Waals surface area contributed by atoms with E-state index < -0.39 is 11.7 Å². The quantitative estimate of drug-likeness (QED) is 0.691. The highest BCUT2D eigenvalue weighted by Crippen LogP contribution is 2.20. The monoisotopic (exact) mass is 225 g/mol. The lowest BCUT2D eigenvalue weighted by molar-refractivity contribution is -0.136. The minimum Gasteiger partial charge on any atom is -0.481 e. The van der Waals surface area contributed by atoms with Gasteiger partial charge in [-0.25, -0.2) is 4.79 Å². The number of hydrogen-bond donors (Lipinski definition) is 3. The van der Waals surface area contributed by atoms with Crippen LogP contribution in [0.15, 0.2) is 4.79 Å². The molecule has 0 fully saturated rings.